The van der Waals surface area contributed by atoms with Crippen LogP contribution >= 0.6 is 11.6 Å². The second-order valence-corrected chi connectivity index (χ2v) is 5.10. The highest BCUT2D eigenvalue weighted by Gasteiger charge is 2.11. The Labute approximate surface area is 113 Å². The van der Waals surface area contributed by atoms with Crippen molar-refractivity contribution in [2.75, 3.05) is 26.2 Å². The summed E-state index contributed by atoms with van der Waals surface area (Å²) in [5.74, 6) is 0.455. The quantitative estimate of drug-likeness (QED) is 0.842. The maximum absolute atomic E-state index is 6.01. The van der Waals surface area contributed by atoms with Crippen molar-refractivity contribution in [3.8, 4) is 5.88 Å². The number of halogens is 1. The van der Waals surface area contributed by atoms with E-state index >= 15 is 0 Å². The molecule has 1 aliphatic rings. The van der Waals surface area contributed by atoms with E-state index < -0.39 is 0 Å². The minimum Gasteiger partial charge on any atom is -0.474 e. The van der Waals surface area contributed by atoms with Gasteiger partial charge in [0.2, 0.25) is 0 Å². The van der Waals surface area contributed by atoms with Gasteiger partial charge in [0.15, 0.2) is 5.15 Å². The number of likely N-dealkylation sites (tertiary alicyclic amines) is 1. The number of aromatic nitrogens is 2. The zero-order valence-electron chi connectivity index (χ0n) is 11.1. The van der Waals surface area contributed by atoms with Crippen molar-refractivity contribution in [2.45, 2.75) is 33.1 Å². The maximum atomic E-state index is 6.01. The van der Waals surface area contributed by atoms with Crippen LogP contribution in [-0.2, 0) is 0 Å². The summed E-state index contributed by atoms with van der Waals surface area (Å²) in [6.45, 7) is 7.72. The summed E-state index contributed by atoms with van der Waals surface area (Å²) in [6, 6.07) is 0. The molecule has 2 rings (SSSR count). The summed E-state index contributed by atoms with van der Waals surface area (Å²) in [4.78, 5) is 10.9. The number of rotatable bonds is 4. The van der Waals surface area contributed by atoms with Gasteiger partial charge in [0.25, 0.3) is 5.88 Å². The van der Waals surface area contributed by atoms with Gasteiger partial charge in [-0.05, 0) is 39.8 Å². The average molecular weight is 270 g/mol. The molecule has 5 heteroatoms. The predicted octanol–water partition coefficient (Wildman–Crippen LogP) is 2.61. The van der Waals surface area contributed by atoms with Crippen LogP contribution in [0.2, 0.25) is 5.15 Å². The van der Waals surface area contributed by atoms with Crippen molar-refractivity contribution < 1.29 is 4.74 Å². The molecular formula is C13H20ClN3O. The summed E-state index contributed by atoms with van der Waals surface area (Å²) in [5, 5.41) is 0.358. The molecule has 18 heavy (non-hydrogen) atoms. The molecule has 1 aromatic heterocycles. The van der Waals surface area contributed by atoms with Gasteiger partial charge in [-0.3, -0.25) is 4.90 Å². The van der Waals surface area contributed by atoms with Gasteiger partial charge in [-0.15, -0.1) is 0 Å². The van der Waals surface area contributed by atoms with E-state index in [1.165, 1.54) is 32.4 Å². The second kappa shape index (κ2) is 6.34. The molecule has 0 N–H and O–H groups in total. The third-order valence-corrected chi connectivity index (χ3v) is 3.58. The monoisotopic (exact) mass is 269 g/mol. The van der Waals surface area contributed by atoms with E-state index in [2.05, 4.69) is 14.9 Å². The molecule has 1 saturated heterocycles. The van der Waals surface area contributed by atoms with E-state index in [1.807, 2.05) is 13.8 Å². The molecular weight excluding hydrogens is 250 g/mol. The lowest BCUT2D eigenvalue weighted by molar-refractivity contribution is 0.180. The number of ether oxygens (including phenoxy) is 1. The highest BCUT2D eigenvalue weighted by Crippen LogP contribution is 2.20. The normalized spacial score (nSPS) is 16.8. The van der Waals surface area contributed by atoms with Gasteiger partial charge >= 0.3 is 0 Å². The molecule has 0 spiro atoms. The van der Waals surface area contributed by atoms with Crippen LogP contribution in [0.25, 0.3) is 0 Å². The van der Waals surface area contributed by atoms with Crippen molar-refractivity contribution in [2.24, 2.45) is 0 Å². The first kappa shape index (κ1) is 13.6. The van der Waals surface area contributed by atoms with Gasteiger partial charge in [0.05, 0.1) is 11.4 Å². The van der Waals surface area contributed by atoms with Crippen LogP contribution in [0.15, 0.2) is 0 Å². The van der Waals surface area contributed by atoms with Crippen LogP contribution in [0.3, 0.4) is 0 Å². The van der Waals surface area contributed by atoms with E-state index in [1.54, 1.807) is 0 Å². The van der Waals surface area contributed by atoms with Crippen LogP contribution in [0, 0.1) is 13.8 Å². The lowest BCUT2D eigenvalue weighted by Crippen LogP contribution is -2.33. The molecule has 1 aromatic rings. The molecule has 0 unspecified atom stereocenters. The molecule has 100 valence electrons. The highest BCUT2D eigenvalue weighted by atomic mass is 35.5. The summed E-state index contributed by atoms with van der Waals surface area (Å²) in [6.07, 6.45) is 3.94. The lowest BCUT2D eigenvalue weighted by atomic mass is 10.1. The minimum absolute atomic E-state index is 0.358. The molecule has 0 aromatic carbocycles. The number of piperidine rings is 1. The van der Waals surface area contributed by atoms with Gasteiger partial charge < -0.3 is 4.74 Å². The van der Waals surface area contributed by atoms with E-state index in [9.17, 15) is 0 Å². The smallest absolute Gasteiger partial charge is 0.252 e. The van der Waals surface area contributed by atoms with Gasteiger partial charge in [-0.2, -0.15) is 0 Å². The van der Waals surface area contributed by atoms with Crippen molar-refractivity contribution >= 4 is 11.6 Å². The Morgan fingerprint density at radius 3 is 2.50 bits per heavy atom. The topological polar surface area (TPSA) is 38.2 Å². The molecule has 0 saturated carbocycles. The fourth-order valence-electron chi connectivity index (χ4n) is 2.10. The molecule has 1 fully saturated rings. The van der Waals surface area contributed by atoms with Crippen molar-refractivity contribution in [1.82, 2.24) is 14.9 Å². The SMILES string of the molecule is Cc1nc(Cl)c(OCCN2CCCCC2)nc1C. The van der Waals surface area contributed by atoms with Gasteiger partial charge in [-0.1, -0.05) is 18.0 Å². The summed E-state index contributed by atoms with van der Waals surface area (Å²) in [5.41, 5.74) is 1.72. The summed E-state index contributed by atoms with van der Waals surface area (Å²) in [7, 11) is 0. The van der Waals surface area contributed by atoms with Gasteiger partial charge in [0, 0.05) is 6.54 Å². The fraction of sp³-hybridized carbons (Fsp3) is 0.692. The summed E-state index contributed by atoms with van der Waals surface area (Å²) >= 11 is 6.01. The zero-order valence-corrected chi connectivity index (χ0v) is 11.8. The summed E-state index contributed by atoms with van der Waals surface area (Å²) < 4.78 is 5.63. The van der Waals surface area contributed by atoms with Crippen LogP contribution in [-0.4, -0.2) is 41.1 Å². The third kappa shape index (κ3) is 3.56. The molecule has 2 heterocycles. The van der Waals surface area contributed by atoms with E-state index in [0.717, 1.165) is 17.9 Å². The molecule has 0 atom stereocenters. The maximum Gasteiger partial charge on any atom is 0.252 e. The average Bonchev–Trinajstić information content (AvgIpc) is 2.37. The molecule has 0 bridgehead atoms. The minimum atomic E-state index is 0.358. The Hall–Kier alpha value is -0.870. The Balaban J connectivity index is 1.84. The molecule has 4 nitrogen and oxygen atoms in total. The Morgan fingerprint density at radius 1 is 1.11 bits per heavy atom. The van der Waals surface area contributed by atoms with Crippen LogP contribution < -0.4 is 4.74 Å². The first-order chi connectivity index (χ1) is 8.66. The Morgan fingerprint density at radius 2 is 1.78 bits per heavy atom. The van der Waals surface area contributed by atoms with E-state index in [-0.39, 0.29) is 0 Å². The van der Waals surface area contributed by atoms with Crippen molar-refractivity contribution in [1.29, 1.82) is 0 Å². The van der Waals surface area contributed by atoms with Crippen molar-refractivity contribution in [3.05, 3.63) is 16.5 Å². The fourth-order valence-corrected chi connectivity index (χ4v) is 2.33. The number of nitrogens with zero attached hydrogens (tertiary/aromatic N) is 3. The van der Waals surface area contributed by atoms with E-state index in [0.29, 0.717) is 17.6 Å². The molecule has 0 aliphatic carbocycles. The van der Waals surface area contributed by atoms with E-state index in [4.69, 9.17) is 16.3 Å². The number of aryl methyl sites for hydroxylation is 2. The first-order valence-electron chi connectivity index (χ1n) is 6.52. The van der Waals surface area contributed by atoms with Gasteiger partial charge in [-0.25, -0.2) is 9.97 Å². The predicted molar refractivity (Wildman–Crippen MR) is 72.3 cm³/mol. The van der Waals surface area contributed by atoms with Crippen LogP contribution in [0.1, 0.15) is 30.7 Å². The number of hydrogen-bond acceptors (Lipinski definition) is 4. The standard InChI is InChI=1S/C13H20ClN3O/c1-10-11(2)16-13(12(14)15-10)18-9-8-17-6-4-3-5-7-17/h3-9H2,1-2H3. The molecule has 1 aliphatic heterocycles. The van der Waals surface area contributed by atoms with Crippen LogP contribution in [0.5, 0.6) is 5.88 Å². The number of hydrogen-bond donors (Lipinski definition) is 0. The Kier molecular flexibility index (Phi) is 4.78. The van der Waals surface area contributed by atoms with Crippen LogP contribution in [0.4, 0.5) is 0 Å². The van der Waals surface area contributed by atoms with Crippen molar-refractivity contribution in [3.63, 3.8) is 0 Å². The zero-order chi connectivity index (χ0) is 13.0. The first-order valence-corrected chi connectivity index (χ1v) is 6.90. The molecule has 0 radical (unpaired) electrons. The largest absolute Gasteiger partial charge is 0.474 e. The second-order valence-electron chi connectivity index (χ2n) is 4.74. The lowest BCUT2D eigenvalue weighted by Gasteiger charge is -2.26. The van der Waals surface area contributed by atoms with Gasteiger partial charge in [0.1, 0.15) is 6.61 Å². The highest BCUT2D eigenvalue weighted by molar-refractivity contribution is 6.30. The molecule has 0 amide bonds. The third-order valence-electron chi connectivity index (χ3n) is 3.33. The Bertz CT molecular complexity index is 405.